The fourth-order valence-corrected chi connectivity index (χ4v) is 1.26. The second-order valence-corrected chi connectivity index (χ2v) is 3.52. The molecule has 0 radical (unpaired) electrons. The molecule has 1 atom stereocenters. The number of nitrogens with zero attached hydrogens (tertiary/aromatic N) is 3. The summed E-state index contributed by atoms with van der Waals surface area (Å²) < 4.78 is 0. The molecule has 1 aromatic rings. The van der Waals surface area contributed by atoms with E-state index in [9.17, 15) is 0 Å². The molecule has 4 nitrogen and oxygen atoms in total. The van der Waals surface area contributed by atoms with Gasteiger partial charge >= 0.3 is 0 Å². The maximum atomic E-state index is 9.15. The number of hydrogen-bond donors (Lipinski definition) is 1. The predicted molar refractivity (Wildman–Crippen MR) is 56.3 cm³/mol. The molecular weight excluding hydrogens is 178 g/mol. The summed E-state index contributed by atoms with van der Waals surface area (Å²) in [5, 5.41) is 9.15. The second-order valence-electron chi connectivity index (χ2n) is 3.52. The van der Waals surface area contributed by atoms with Crippen LogP contribution in [-0.4, -0.2) is 34.8 Å². The van der Waals surface area contributed by atoms with Crippen LogP contribution in [0.2, 0.25) is 0 Å². The molecule has 4 heteroatoms. The Balaban J connectivity index is 2.60. The first-order chi connectivity index (χ1) is 6.61. The first-order valence-electron chi connectivity index (χ1n) is 4.78. The zero-order chi connectivity index (χ0) is 10.6. The minimum Gasteiger partial charge on any atom is -0.393 e. The highest BCUT2D eigenvalue weighted by atomic mass is 16.3. The van der Waals surface area contributed by atoms with E-state index in [0.717, 1.165) is 24.5 Å². The Morgan fingerprint density at radius 1 is 1.43 bits per heavy atom. The zero-order valence-electron chi connectivity index (χ0n) is 8.94. The number of anilines is 1. The Morgan fingerprint density at radius 3 is 2.64 bits per heavy atom. The third-order valence-electron chi connectivity index (χ3n) is 2.10. The summed E-state index contributed by atoms with van der Waals surface area (Å²) in [6.07, 6.45) is 3.84. The van der Waals surface area contributed by atoms with Gasteiger partial charge in [-0.1, -0.05) is 0 Å². The number of aryl methyl sites for hydroxylation is 1. The molecule has 1 heterocycles. The third-order valence-corrected chi connectivity index (χ3v) is 2.10. The Kier molecular flexibility index (Phi) is 3.83. The van der Waals surface area contributed by atoms with E-state index < -0.39 is 0 Å². The van der Waals surface area contributed by atoms with Crippen molar-refractivity contribution in [1.82, 2.24) is 9.97 Å². The highest BCUT2D eigenvalue weighted by molar-refractivity contribution is 5.40. The molecule has 0 spiro atoms. The van der Waals surface area contributed by atoms with Crippen molar-refractivity contribution < 1.29 is 5.11 Å². The van der Waals surface area contributed by atoms with Gasteiger partial charge in [-0.25, -0.2) is 4.98 Å². The molecule has 0 aliphatic rings. The van der Waals surface area contributed by atoms with Crippen LogP contribution in [0.3, 0.4) is 0 Å². The van der Waals surface area contributed by atoms with Crippen LogP contribution in [0.4, 0.5) is 5.82 Å². The highest BCUT2D eigenvalue weighted by Crippen LogP contribution is 2.11. The third kappa shape index (κ3) is 2.96. The van der Waals surface area contributed by atoms with E-state index in [4.69, 9.17) is 5.11 Å². The summed E-state index contributed by atoms with van der Waals surface area (Å²) in [6.45, 7) is 4.51. The Labute approximate surface area is 84.6 Å². The zero-order valence-corrected chi connectivity index (χ0v) is 8.94. The molecule has 0 aliphatic carbocycles. The normalized spacial score (nSPS) is 12.6. The Bertz CT molecular complexity index is 288. The lowest BCUT2D eigenvalue weighted by Crippen LogP contribution is -2.23. The molecule has 1 N–H and O–H groups in total. The summed E-state index contributed by atoms with van der Waals surface area (Å²) in [5.41, 5.74) is 0.917. The molecule has 1 unspecified atom stereocenters. The predicted octanol–water partition coefficient (Wildman–Crippen LogP) is 0.992. The summed E-state index contributed by atoms with van der Waals surface area (Å²) in [6, 6.07) is 0. The van der Waals surface area contributed by atoms with Crippen molar-refractivity contribution in [3.05, 3.63) is 18.1 Å². The lowest BCUT2D eigenvalue weighted by atomic mass is 10.2. The molecule has 0 fully saturated rings. The van der Waals surface area contributed by atoms with Crippen molar-refractivity contribution in [3.63, 3.8) is 0 Å². The Hall–Kier alpha value is -1.16. The number of hydrogen-bond acceptors (Lipinski definition) is 4. The lowest BCUT2D eigenvalue weighted by Gasteiger charge is -2.19. The van der Waals surface area contributed by atoms with Crippen LogP contribution < -0.4 is 4.90 Å². The van der Waals surface area contributed by atoms with Crippen LogP contribution in [0.25, 0.3) is 0 Å². The quantitative estimate of drug-likeness (QED) is 0.778. The van der Waals surface area contributed by atoms with E-state index in [-0.39, 0.29) is 6.10 Å². The van der Waals surface area contributed by atoms with Crippen LogP contribution in [-0.2, 0) is 0 Å². The molecule has 0 amide bonds. The van der Waals surface area contributed by atoms with Gasteiger partial charge in [0.2, 0.25) is 0 Å². The smallest absolute Gasteiger partial charge is 0.149 e. The molecular formula is C10H17N3O. The largest absolute Gasteiger partial charge is 0.393 e. The van der Waals surface area contributed by atoms with E-state index in [1.807, 2.05) is 18.9 Å². The SMILES string of the molecule is Cc1nccnc1N(C)CCC(C)O. The van der Waals surface area contributed by atoms with Gasteiger partial charge in [0, 0.05) is 26.0 Å². The second kappa shape index (κ2) is 4.91. The van der Waals surface area contributed by atoms with Crippen molar-refractivity contribution >= 4 is 5.82 Å². The average Bonchev–Trinajstić information content (AvgIpc) is 2.15. The molecule has 0 aromatic carbocycles. The van der Waals surface area contributed by atoms with Crippen LogP contribution in [0.1, 0.15) is 19.0 Å². The molecule has 78 valence electrons. The fraction of sp³-hybridized carbons (Fsp3) is 0.600. The number of aliphatic hydroxyl groups excluding tert-OH is 1. The van der Waals surface area contributed by atoms with Gasteiger partial charge in [-0.15, -0.1) is 0 Å². The van der Waals surface area contributed by atoms with Gasteiger partial charge in [-0.2, -0.15) is 0 Å². The maximum Gasteiger partial charge on any atom is 0.149 e. The van der Waals surface area contributed by atoms with Gasteiger partial charge in [0.1, 0.15) is 5.82 Å². The van der Waals surface area contributed by atoms with E-state index in [1.165, 1.54) is 0 Å². The Morgan fingerprint density at radius 2 is 2.07 bits per heavy atom. The van der Waals surface area contributed by atoms with Crippen LogP contribution >= 0.6 is 0 Å². The van der Waals surface area contributed by atoms with Gasteiger partial charge in [-0.05, 0) is 20.3 Å². The topological polar surface area (TPSA) is 49.2 Å². The number of aromatic nitrogens is 2. The first-order valence-corrected chi connectivity index (χ1v) is 4.78. The van der Waals surface area contributed by atoms with Crippen LogP contribution in [0.5, 0.6) is 0 Å². The maximum absolute atomic E-state index is 9.15. The van der Waals surface area contributed by atoms with Crippen molar-refractivity contribution in [2.75, 3.05) is 18.5 Å². The number of rotatable bonds is 4. The summed E-state index contributed by atoms with van der Waals surface area (Å²) >= 11 is 0. The lowest BCUT2D eigenvalue weighted by molar-refractivity contribution is 0.187. The molecule has 1 rings (SSSR count). The summed E-state index contributed by atoms with van der Waals surface area (Å²) in [7, 11) is 1.96. The van der Waals surface area contributed by atoms with E-state index in [0.29, 0.717) is 0 Å². The van der Waals surface area contributed by atoms with Crippen LogP contribution in [0, 0.1) is 6.92 Å². The highest BCUT2D eigenvalue weighted by Gasteiger charge is 2.06. The van der Waals surface area contributed by atoms with Gasteiger partial charge in [0.15, 0.2) is 0 Å². The molecule has 0 saturated carbocycles. The summed E-state index contributed by atoms with van der Waals surface area (Å²) in [5.74, 6) is 0.883. The molecule has 14 heavy (non-hydrogen) atoms. The molecule has 0 bridgehead atoms. The van der Waals surface area contributed by atoms with Crippen LogP contribution in [0.15, 0.2) is 12.4 Å². The van der Waals surface area contributed by atoms with Crippen molar-refractivity contribution in [2.24, 2.45) is 0 Å². The van der Waals surface area contributed by atoms with Gasteiger partial charge in [0.05, 0.1) is 11.8 Å². The minimum absolute atomic E-state index is 0.269. The molecule has 0 saturated heterocycles. The van der Waals surface area contributed by atoms with E-state index in [1.54, 1.807) is 19.3 Å². The van der Waals surface area contributed by atoms with Gasteiger partial charge in [0.25, 0.3) is 0 Å². The van der Waals surface area contributed by atoms with Gasteiger partial charge in [-0.3, -0.25) is 4.98 Å². The summed E-state index contributed by atoms with van der Waals surface area (Å²) in [4.78, 5) is 10.4. The van der Waals surface area contributed by atoms with Crippen molar-refractivity contribution in [3.8, 4) is 0 Å². The number of aliphatic hydroxyl groups is 1. The standard InChI is InChI=1S/C10H17N3O/c1-8(14)4-7-13(3)10-9(2)11-5-6-12-10/h5-6,8,14H,4,7H2,1-3H3. The first kappa shape index (κ1) is 10.9. The van der Waals surface area contributed by atoms with E-state index in [2.05, 4.69) is 9.97 Å². The monoisotopic (exact) mass is 195 g/mol. The average molecular weight is 195 g/mol. The fourth-order valence-electron chi connectivity index (χ4n) is 1.26. The minimum atomic E-state index is -0.269. The molecule has 1 aromatic heterocycles. The van der Waals surface area contributed by atoms with Crippen molar-refractivity contribution in [2.45, 2.75) is 26.4 Å². The van der Waals surface area contributed by atoms with Gasteiger partial charge < -0.3 is 10.0 Å². The van der Waals surface area contributed by atoms with Crippen molar-refractivity contribution in [1.29, 1.82) is 0 Å². The van der Waals surface area contributed by atoms with E-state index >= 15 is 0 Å². The molecule has 0 aliphatic heterocycles.